The van der Waals surface area contributed by atoms with Crippen molar-refractivity contribution in [2.75, 3.05) is 6.54 Å². The SMILES string of the molecule is CCN(Cc1cccc(C)c1)C(=O)C1CC2CC2C1. The summed E-state index contributed by atoms with van der Waals surface area (Å²) in [5.74, 6) is 2.46. The van der Waals surface area contributed by atoms with E-state index in [4.69, 9.17) is 0 Å². The fourth-order valence-electron chi connectivity index (χ4n) is 3.55. The Hall–Kier alpha value is -1.31. The van der Waals surface area contributed by atoms with E-state index in [-0.39, 0.29) is 0 Å². The van der Waals surface area contributed by atoms with E-state index in [1.807, 2.05) is 4.90 Å². The summed E-state index contributed by atoms with van der Waals surface area (Å²) in [6.45, 7) is 5.77. The lowest BCUT2D eigenvalue weighted by Crippen LogP contribution is -2.35. The third kappa shape index (κ3) is 2.68. The molecule has 102 valence electrons. The lowest BCUT2D eigenvalue weighted by atomic mass is 10.0. The van der Waals surface area contributed by atoms with E-state index in [2.05, 4.69) is 38.1 Å². The van der Waals surface area contributed by atoms with Gasteiger partial charge in [-0.15, -0.1) is 0 Å². The Morgan fingerprint density at radius 2 is 2.00 bits per heavy atom. The normalized spacial score (nSPS) is 28.0. The summed E-state index contributed by atoms with van der Waals surface area (Å²) in [6.07, 6.45) is 3.68. The van der Waals surface area contributed by atoms with Gasteiger partial charge in [0.25, 0.3) is 0 Å². The van der Waals surface area contributed by atoms with Gasteiger partial charge >= 0.3 is 0 Å². The second kappa shape index (κ2) is 4.99. The summed E-state index contributed by atoms with van der Waals surface area (Å²) < 4.78 is 0. The summed E-state index contributed by atoms with van der Waals surface area (Å²) in [6, 6.07) is 8.48. The Labute approximate surface area is 115 Å². The fraction of sp³-hybridized carbons (Fsp3) is 0.588. The molecule has 0 aliphatic heterocycles. The van der Waals surface area contributed by atoms with Gasteiger partial charge < -0.3 is 4.90 Å². The number of nitrogens with zero attached hydrogens (tertiary/aromatic N) is 1. The van der Waals surface area contributed by atoms with Crippen LogP contribution in [0.25, 0.3) is 0 Å². The maximum atomic E-state index is 12.6. The van der Waals surface area contributed by atoms with Gasteiger partial charge in [-0.05, 0) is 50.5 Å². The van der Waals surface area contributed by atoms with Gasteiger partial charge in [-0.3, -0.25) is 4.79 Å². The van der Waals surface area contributed by atoms with Crippen LogP contribution in [0.1, 0.15) is 37.3 Å². The van der Waals surface area contributed by atoms with E-state index < -0.39 is 0 Å². The number of carbonyl (C=O) groups excluding carboxylic acids is 1. The lowest BCUT2D eigenvalue weighted by molar-refractivity contribution is -0.136. The highest BCUT2D eigenvalue weighted by atomic mass is 16.2. The third-order valence-corrected chi connectivity index (χ3v) is 4.74. The van der Waals surface area contributed by atoms with E-state index >= 15 is 0 Å². The molecule has 0 aromatic heterocycles. The number of hydrogen-bond donors (Lipinski definition) is 0. The van der Waals surface area contributed by atoms with E-state index in [0.717, 1.165) is 37.8 Å². The summed E-state index contributed by atoms with van der Waals surface area (Å²) in [4.78, 5) is 14.6. The molecule has 2 aliphatic rings. The van der Waals surface area contributed by atoms with E-state index in [0.29, 0.717) is 11.8 Å². The van der Waals surface area contributed by atoms with Crippen molar-refractivity contribution in [1.82, 2.24) is 4.90 Å². The molecule has 2 aliphatic carbocycles. The molecule has 2 nitrogen and oxygen atoms in total. The Morgan fingerprint density at radius 3 is 2.63 bits per heavy atom. The predicted molar refractivity (Wildman–Crippen MR) is 76.6 cm³/mol. The highest BCUT2D eigenvalue weighted by molar-refractivity contribution is 5.79. The van der Waals surface area contributed by atoms with Crippen molar-refractivity contribution in [1.29, 1.82) is 0 Å². The monoisotopic (exact) mass is 257 g/mol. The topological polar surface area (TPSA) is 20.3 Å². The minimum atomic E-state index is 0.313. The lowest BCUT2D eigenvalue weighted by Gasteiger charge is -2.25. The molecule has 2 heteroatoms. The fourth-order valence-corrected chi connectivity index (χ4v) is 3.55. The Morgan fingerprint density at radius 1 is 1.26 bits per heavy atom. The van der Waals surface area contributed by atoms with Gasteiger partial charge in [0, 0.05) is 19.0 Å². The number of rotatable bonds is 4. The molecule has 0 heterocycles. The molecular formula is C17H23NO. The molecule has 0 spiro atoms. The second-order valence-electron chi connectivity index (χ2n) is 6.27. The van der Waals surface area contributed by atoms with Gasteiger partial charge in [0.1, 0.15) is 0 Å². The van der Waals surface area contributed by atoms with Crippen molar-refractivity contribution in [3.05, 3.63) is 35.4 Å². The first kappa shape index (κ1) is 12.7. The minimum absolute atomic E-state index is 0.313. The molecule has 0 bridgehead atoms. The summed E-state index contributed by atoms with van der Waals surface area (Å²) in [5, 5.41) is 0. The first-order chi connectivity index (χ1) is 9.17. The number of benzene rings is 1. The Bertz CT molecular complexity index is 472. The largest absolute Gasteiger partial charge is 0.338 e. The quantitative estimate of drug-likeness (QED) is 0.809. The molecule has 2 atom stereocenters. The van der Waals surface area contributed by atoms with E-state index in [1.54, 1.807) is 0 Å². The van der Waals surface area contributed by atoms with Gasteiger partial charge in [-0.1, -0.05) is 29.8 Å². The number of fused-ring (bicyclic) bond motifs is 1. The van der Waals surface area contributed by atoms with Crippen LogP contribution in [0.3, 0.4) is 0 Å². The van der Waals surface area contributed by atoms with Crippen LogP contribution in [0.5, 0.6) is 0 Å². The zero-order valence-corrected chi connectivity index (χ0v) is 11.9. The Kier molecular flexibility index (Phi) is 3.34. The van der Waals surface area contributed by atoms with Crippen LogP contribution >= 0.6 is 0 Å². The molecule has 19 heavy (non-hydrogen) atoms. The minimum Gasteiger partial charge on any atom is -0.338 e. The molecule has 0 N–H and O–H groups in total. The molecule has 2 fully saturated rings. The number of carbonyl (C=O) groups is 1. The van der Waals surface area contributed by atoms with Crippen molar-refractivity contribution in [3.63, 3.8) is 0 Å². The zero-order valence-electron chi connectivity index (χ0n) is 11.9. The number of aryl methyl sites for hydroxylation is 1. The average Bonchev–Trinajstić information content (AvgIpc) is 3.02. The van der Waals surface area contributed by atoms with Crippen LogP contribution in [-0.2, 0) is 11.3 Å². The van der Waals surface area contributed by atoms with Crippen molar-refractivity contribution in [2.45, 2.75) is 39.7 Å². The van der Waals surface area contributed by atoms with Gasteiger partial charge in [-0.2, -0.15) is 0 Å². The first-order valence-electron chi connectivity index (χ1n) is 7.51. The van der Waals surface area contributed by atoms with Crippen molar-refractivity contribution >= 4 is 5.91 Å². The van der Waals surface area contributed by atoms with Crippen molar-refractivity contribution < 1.29 is 4.79 Å². The third-order valence-electron chi connectivity index (χ3n) is 4.74. The summed E-state index contributed by atoms with van der Waals surface area (Å²) in [7, 11) is 0. The summed E-state index contributed by atoms with van der Waals surface area (Å²) >= 11 is 0. The molecular weight excluding hydrogens is 234 g/mol. The molecule has 0 saturated heterocycles. The molecule has 1 amide bonds. The highest BCUT2D eigenvalue weighted by Crippen LogP contribution is 2.54. The van der Waals surface area contributed by atoms with Crippen LogP contribution in [-0.4, -0.2) is 17.4 Å². The van der Waals surface area contributed by atoms with Crippen LogP contribution in [0, 0.1) is 24.7 Å². The Balaban J connectivity index is 1.65. The maximum absolute atomic E-state index is 12.6. The summed E-state index contributed by atoms with van der Waals surface area (Å²) in [5.41, 5.74) is 2.52. The van der Waals surface area contributed by atoms with E-state index in [1.165, 1.54) is 17.5 Å². The molecule has 2 saturated carbocycles. The van der Waals surface area contributed by atoms with Gasteiger partial charge in [0.2, 0.25) is 5.91 Å². The van der Waals surface area contributed by atoms with Crippen LogP contribution in [0.4, 0.5) is 0 Å². The number of amides is 1. The van der Waals surface area contributed by atoms with Gasteiger partial charge in [0.05, 0.1) is 0 Å². The molecule has 0 radical (unpaired) electrons. The maximum Gasteiger partial charge on any atom is 0.225 e. The molecule has 1 aromatic carbocycles. The first-order valence-corrected chi connectivity index (χ1v) is 7.51. The van der Waals surface area contributed by atoms with Crippen LogP contribution < -0.4 is 0 Å². The van der Waals surface area contributed by atoms with Crippen molar-refractivity contribution in [3.8, 4) is 0 Å². The van der Waals surface area contributed by atoms with Gasteiger partial charge in [-0.25, -0.2) is 0 Å². The van der Waals surface area contributed by atoms with Gasteiger partial charge in [0.15, 0.2) is 0 Å². The van der Waals surface area contributed by atoms with Crippen LogP contribution in [0.2, 0.25) is 0 Å². The molecule has 1 aromatic rings. The van der Waals surface area contributed by atoms with E-state index in [9.17, 15) is 4.79 Å². The predicted octanol–water partition coefficient (Wildman–Crippen LogP) is 3.39. The smallest absolute Gasteiger partial charge is 0.225 e. The standard InChI is InChI=1S/C17H23NO/c1-3-18(11-13-6-4-5-12(2)7-13)17(19)16-9-14-8-15(14)10-16/h4-7,14-16H,3,8-11H2,1-2H3. The highest BCUT2D eigenvalue weighted by Gasteiger charge is 2.48. The van der Waals surface area contributed by atoms with Crippen molar-refractivity contribution in [2.24, 2.45) is 17.8 Å². The zero-order chi connectivity index (χ0) is 13.4. The van der Waals surface area contributed by atoms with Crippen LogP contribution in [0.15, 0.2) is 24.3 Å². The average molecular weight is 257 g/mol. The molecule has 2 unspecified atom stereocenters. The number of hydrogen-bond acceptors (Lipinski definition) is 1. The molecule has 3 rings (SSSR count). The second-order valence-corrected chi connectivity index (χ2v) is 6.27.